The Morgan fingerprint density at radius 2 is 1.86 bits per heavy atom. The summed E-state index contributed by atoms with van der Waals surface area (Å²) in [7, 11) is 0. The summed E-state index contributed by atoms with van der Waals surface area (Å²) in [4.78, 5) is 12.1. The molecule has 106 valence electrons. The van der Waals surface area contributed by atoms with Gasteiger partial charge < -0.3 is 11.1 Å². The van der Waals surface area contributed by atoms with Crippen LogP contribution in [0.3, 0.4) is 0 Å². The van der Waals surface area contributed by atoms with Gasteiger partial charge in [0.25, 0.3) is 5.91 Å². The molecule has 2 rings (SSSR count). The Bertz CT molecular complexity index is 715. The van der Waals surface area contributed by atoms with Gasteiger partial charge in [-0.05, 0) is 36.4 Å². The average molecular weight is 319 g/mol. The number of anilines is 1. The summed E-state index contributed by atoms with van der Waals surface area (Å²) < 4.78 is 0. The molecule has 21 heavy (non-hydrogen) atoms. The molecule has 0 radical (unpaired) electrons. The van der Waals surface area contributed by atoms with Crippen LogP contribution in [0, 0.1) is 11.8 Å². The van der Waals surface area contributed by atoms with Crippen molar-refractivity contribution in [3.8, 4) is 11.8 Å². The van der Waals surface area contributed by atoms with E-state index in [9.17, 15) is 4.79 Å². The largest absolute Gasteiger partial charge is 0.321 e. The van der Waals surface area contributed by atoms with Gasteiger partial charge in [0.2, 0.25) is 0 Å². The van der Waals surface area contributed by atoms with E-state index in [1.54, 1.807) is 42.5 Å². The number of benzene rings is 2. The minimum atomic E-state index is -0.266. The third kappa shape index (κ3) is 3.99. The Labute approximate surface area is 133 Å². The number of rotatable bonds is 2. The van der Waals surface area contributed by atoms with Gasteiger partial charge in [-0.2, -0.15) is 0 Å². The summed E-state index contributed by atoms with van der Waals surface area (Å²) in [5.41, 5.74) is 7.09. The quantitative estimate of drug-likeness (QED) is 0.832. The lowest BCUT2D eigenvalue weighted by molar-refractivity contribution is 0.102. The first-order valence-electron chi connectivity index (χ1n) is 6.16. The highest BCUT2D eigenvalue weighted by Gasteiger charge is 2.09. The number of carbonyl (C=O) groups is 1. The molecule has 0 aliphatic carbocycles. The number of nitrogens with two attached hydrogens (primary N) is 1. The monoisotopic (exact) mass is 318 g/mol. The molecule has 0 heterocycles. The van der Waals surface area contributed by atoms with Gasteiger partial charge in [0.15, 0.2) is 0 Å². The molecule has 2 aromatic carbocycles. The predicted molar refractivity (Wildman–Crippen MR) is 86.8 cm³/mol. The van der Waals surface area contributed by atoms with Crippen LogP contribution in [0.2, 0.25) is 10.0 Å². The second-order valence-corrected chi connectivity index (χ2v) is 4.92. The number of nitrogens with one attached hydrogen (secondary N) is 1. The topological polar surface area (TPSA) is 55.1 Å². The normalized spacial score (nSPS) is 9.67. The third-order valence-electron chi connectivity index (χ3n) is 2.68. The first kappa shape index (κ1) is 15.4. The van der Waals surface area contributed by atoms with Crippen LogP contribution in [-0.4, -0.2) is 12.5 Å². The van der Waals surface area contributed by atoms with Gasteiger partial charge in [-0.3, -0.25) is 4.79 Å². The van der Waals surface area contributed by atoms with E-state index in [1.165, 1.54) is 0 Å². The van der Waals surface area contributed by atoms with Gasteiger partial charge in [0.05, 0.1) is 22.3 Å². The summed E-state index contributed by atoms with van der Waals surface area (Å²) in [6.07, 6.45) is 0. The van der Waals surface area contributed by atoms with E-state index in [1.807, 2.05) is 0 Å². The van der Waals surface area contributed by atoms with Crippen molar-refractivity contribution in [1.29, 1.82) is 0 Å². The fourth-order valence-electron chi connectivity index (χ4n) is 1.65. The first-order chi connectivity index (χ1) is 10.1. The van der Waals surface area contributed by atoms with Crippen molar-refractivity contribution in [3.63, 3.8) is 0 Å². The van der Waals surface area contributed by atoms with Gasteiger partial charge >= 0.3 is 0 Å². The third-order valence-corrected chi connectivity index (χ3v) is 3.50. The maximum absolute atomic E-state index is 12.1. The highest BCUT2D eigenvalue weighted by Crippen LogP contribution is 2.29. The van der Waals surface area contributed by atoms with E-state index in [-0.39, 0.29) is 5.91 Å². The van der Waals surface area contributed by atoms with E-state index in [0.717, 1.165) is 5.56 Å². The van der Waals surface area contributed by atoms with Crippen LogP contribution in [0.1, 0.15) is 15.9 Å². The number of amides is 1. The lowest BCUT2D eigenvalue weighted by atomic mass is 10.1. The number of hydrogen-bond donors (Lipinski definition) is 2. The van der Waals surface area contributed by atoms with E-state index >= 15 is 0 Å². The second-order valence-electron chi connectivity index (χ2n) is 4.14. The van der Waals surface area contributed by atoms with Crippen LogP contribution in [0.15, 0.2) is 42.5 Å². The average Bonchev–Trinajstić information content (AvgIpc) is 2.50. The summed E-state index contributed by atoms with van der Waals surface area (Å²) in [6.45, 7) is 0.301. The molecule has 0 saturated carbocycles. The van der Waals surface area contributed by atoms with E-state index in [0.29, 0.717) is 27.8 Å². The summed E-state index contributed by atoms with van der Waals surface area (Å²) >= 11 is 11.9. The van der Waals surface area contributed by atoms with Crippen LogP contribution < -0.4 is 11.1 Å². The fourth-order valence-corrected chi connectivity index (χ4v) is 2.00. The Morgan fingerprint density at radius 1 is 1.14 bits per heavy atom. The van der Waals surface area contributed by atoms with Crippen molar-refractivity contribution < 1.29 is 4.79 Å². The molecule has 0 bridgehead atoms. The highest BCUT2D eigenvalue weighted by molar-refractivity contribution is 6.44. The van der Waals surface area contributed by atoms with Crippen LogP contribution in [-0.2, 0) is 0 Å². The van der Waals surface area contributed by atoms with Crippen molar-refractivity contribution in [2.45, 2.75) is 0 Å². The Kier molecular flexibility index (Phi) is 5.24. The van der Waals surface area contributed by atoms with E-state index in [2.05, 4.69) is 17.2 Å². The smallest absolute Gasteiger partial charge is 0.255 e. The van der Waals surface area contributed by atoms with Crippen molar-refractivity contribution in [2.24, 2.45) is 5.73 Å². The van der Waals surface area contributed by atoms with Gasteiger partial charge in [-0.1, -0.05) is 41.1 Å². The van der Waals surface area contributed by atoms with Crippen LogP contribution in [0.4, 0.5) is 5.69 Å². The summed E-state index contributed by atoms with van der Waals surface area (Å²) in [6, 6.07) is 12.0. The summed E-state index contributed by atoms with van der Waals surface area (Å²) in [5.74, 6) is 5.38. The summed E-state index contributed by atoms with van der Waals surface area (Å²) in [5, 5.41) is 3.43. The molecule has 0 atom stereocenters. The van der Waals surface area contributed by atoms with E-state index in [4.69, 9.17) is 28.9 Å². The molecule has 0 aliphatic heterocycles. The molecular formula is C16H12Cl2N2O. The minimum absolute atomic E-state index is 0.266. The van der Waals surface area contributed by atoms with Gasteiger partial charge in [0, 0.05) is 11.1 Å². The Morgan fingerprint density at radius 3 is 2.52 bits per heavy atom. The van der Waals surface area contributed by atoms with Crippen molar-refractivity contribution in [3.05, 3.63) is 63.6 Å². The zero-order valence-electron chi connectivity index (χ0n) is 11.0. The zero-order chi connectivity index (χ0) is 15.2. The second kappa shape index (κ2) is 7.14. The SMILES string of the molecule is NCC#Cc1ccc(C(=O)Nc2cccc(Cl)c2Cl)cc1. The van der Waals surface area contributed by atoms with Crippen molar-refractivity contribution >= 4 is 34.8 Å². The van der Waals surface area contributed by atoms with Gasteiger partial charge in [-0.25, -0.2) is 0 Å². The predicted octanol–water partition coefficient (Wildman–Crippen LogP) is 3.56. The molecule has 0 fully saturated rings. The lowest BCUT2D eigenvalue weighted by Crippen LogP contribution is -2.12. The molecule has 2 aromatic rings. The highest BCUT2D eigenvalue weighted by atomic mass is 35.5. The molecule has 0 unspecified atom stereocenters. The standard InChI is InChI=1S/C16H12Cl2N2O/c17-13-4-1-5-14(15(13)18)20-16(21)12-8-6-11(7-9-12)3-2-10-19/h1,4-9H,10,19H2,(H,20,21). The molecular weight excluding hydrogens is 307 g/mol. The molecule has 1 amide bonds. The van der Waals surface area contributed by atoms with Gasteiger partial charge in [0.1, 0.15) is 0 Å². The van der Waals surface area contributed by atoms with Crippen LogP contribution in [0.5, 0.6) is 0 Å². The Balaban J connectivity index is 2.15. The lowest BCUT2D eigenvalue weighted by Gasteiger charge is -2.08. The number of halogens is 2. The minimum Gasteiger partial charge on any atom is -0.321 e. The molecule has 3 nitrogen and oxygen atoms in total. The molecule has 3 N–H and O–H groups in total. The van der Waals surface area contributed by atoms with Gasteiger partial charge in [-0.15, -0.1) is 0 Å². The van der Waals surface area contributed by atoms with Crippen LogP contribution in [0.25, 0.3) is 0 Å². The molecule has 0 spiro atoms. The maximum Gasteiger partial charge on any atom is 0.255 e. The Hall–Kier alpha value is -1.99. The van der Waals surface area contributed by atoms with Crippen LogP contribution >= 0.6 is 23.2 Å². The maximum atomic E-state index is 12.1. The molecule has 0 aromatic heterocycles. The number of hydrogen-bond acceptors (Lipinski definition) is 2. The van der Waals surface area contributed by atoms with Crippen molar-refractivity contribution in [2.75, 3.05) is 11.9 Å². The van der Waals surface area contributed by atoms with Crippen molar-refractivity contribution in [1.82, 2.24) is 0 Å². The van der Waals surface area contributed by atoms with E-state index < -0.39 is 0 Å². The number of carbonyl (C=O) groups excluding carboxylic acids is 1. The molecule has 5 heteroatoms. The molecule has 0 aliphatic rings. The first-order valence-corrected chi connectivity index (χ1v) is 6.92. The molecule has 0 saturated heterocycles. The fraction of sp³-hybridized carbons (Fsp3) is 0.0625. The zero-order valence-corrected chi connectivity index (χ0v) is 12.5.